The highest BCUT2D eigenvalue weighted by atomic mass is 16.5. The molecule has 6 rings (SSSR count). The molecule has 0 radical (unpaired) electrons. The maximum absolute atomic E-state index is 11.6. The number of benzene rings is 3. The van der Waals surface area contributed by atoms with Crippen molar-refractivity contribution in [3.63, 3.8) is 0 Å². The zero-order chi connectivity index (χ0) is 28.0. The van der Waals surface area contributed by atoms with Gasteiger partial charge in [-0.15, -0.1) is 0 Å². The summed E-state index contributed by atoms with van der Waals surface area (Å²) in [6, 6.07) is 25.2. The third-order valence-corrected chi connectivity index (χ3v) is 7.70. The van der Waals surface area contributed by atoms with Crippen LogP contribution < -0.4 is 5.32 Å². The minimum atomic E-state index is -0.966. The minimum absolute atomic E-state index is 0.224. The van der Waals surface area contributed by atoms with Gasteiger partial charge in [-0.1, -0.05) is 73.2 Å². The van der Waals surface area contributed by atoms with Gasteiger partial charge >= 0.3 is 5.97 Å². The quantitative estimate of drug-likeness (QED) is 0.164. The van der Waals surface area contributed by atoms with Crippen LogP contribution in [0.3, 0.4) is 0 Å². The van der Waals surface area contributed by atoms with E-state index in [1.54, 1.807) is 12.1 Å². The number of anilines is 1. The number of aromatic amines is 1. The van der Waals surface area contributed by atoms with Crippen LogP contribution in [-0.2, 0) is 11.3 Å². The Balaban J connectivity index is 1.36. The van der Waals surface area contributed by atoms with Crippen LogP contribution in [-0.4, -0.2) is 57.1 Å². The number of nitrogens with one attached hydrogen (secondary N) is 2. The summed E-state index contributed by atoms with van der Waals surface area (Å²) in [6.45, 7) is 4.58. The van der Waals surface area contributed by atoms with E-state index in [4.69, 9.17) is 14.7 Å². The van der Waals surface area contributed by atoms with Crippen LogP contribution in [0.2, 0.25) is 0 Å². The van der Waals surface area contributed by atoms with Gasteiger partial charge in [-0.25, -0.2) is 14.8 Å². The number of likely N-dealkylation sites (tertiary alicyclic amines) is 1. The summed E-state index contributed by atoms with van der Waals surface area (Å²) in [7, 11) is 0. The molecule has 41 heavy (non-hydrogen) atoms. The molecule has 0 saturated carbocycles. The SMILES string of the molecule is O=C(O)c1ccc2c(c1)[nH]c1nc(C(OCc3ccccc3)c3ccccc3)nc(NCCCN3CCCCC3)c12. The first kappa shape index (κ1) is 26.9. The lowest BCUT2D eigenvalue weighted by Crippen LogP contribution is -2.31. The van der Waals surface area contributed by atoms with E-state index in [0.717, 1.165) is 47.2 Å². The number of carboxylic acid groups (broad SMARTS) is 1. The summed E-state index contributed by atoms with van der Waals surface area (Å²) in [5.74, 6) is 0.303. The van der Waals surface area contributed by atoms with Crippen LogP contribution in [0.15, 0.2) is 78.9 Å². The van der Waals surface area contributed by atoms with E-state index in [1.807, 2.05) is 66.7 Å². The second kappa shape index (κ2) is 12.5. The van der Waals surface area contributed by atoms with E-state index in [-0.39, 0.29) is 5.56 Å². The van der Waals surface area contributed by atoms with Crippen molar-refractivity contribution in [3.05, 3.63) is 101 Å². The predicted octanol–water partition coefficient (Wildman–Crippen LogP) is 6.40. The molecule has 3 N–H and O–H groups in total. The van der Waals surface area contributed by atoms with Crippen molar-refractivity contribution in [2.45, 2.75) is 38.4 Å². The first-order valence-corrected chi connectivity index (χ1v) is 14.4. The van der Waals surface area contributed by atoms with E-state index < -0.39 is 12.1 Å². The highest BCUT2D eigenvalue weighted by Crippen LogP contribution is 2.33. The third-order valence-electron chi connectivity index (χ3n) is 7.70. The number of ether oxygens (including phenoxy) is 1. The third kappa shape index (κ3) is 6.24. The molecule has 1 atom stereocenters. The Morgan fingerprint density at radius 2 is 1.73 bits per heavy atom. The maximum atomic E-state index is 11.6. The molecular weight excluding hydrogens is 514 g/mol. The molecule has 0 amide bonds. The molecule has 0 spiro atoms. The topological polar surface area (TPSA) is 103 Å². The van der Waals surface area contributed by atoms with Crippen molar-refractivity contribution < 1.29 is 14.6 Å². The van der Waals surface area contributed by atoms with Crippen molar-refractivity contribution >= 4 is 33.7 Å². The zero-order valence-corrected chi connectivity index (χ0v) is 23.1. The van der Waals surface area contributed by atoms with Crippen LogP contribution in [0.1, 0.15) is 59.1 Å². The fraction of sp³-hybridized carbons (Fsp3) is 0.303. The number of carboxylic acids is 1. The molecule has 210 valence electrons. The van der Waals surface area contributed by atoms with Crippen molar-refractivity contribution in [2.75, 3.05) is 31.5 Å². The zero-order valence-electron chi connectivity index (χ0n) is 23.1. The van der Waals surface area contributed by atoms with Gasteiger partial charge in [-0.05, 0) is 62.2 Å². The fourth-order valence-corrected chi connectivity index (χ4v) is 5.59. The molecule has 1 unspecified atom stereocenters. The van der Waals surface area contributed by atoms with E-state index in [1.165, 1.54) is 32.4 Å². The number of H-pyrrole nitrogens is 1. The standard InChI is InChI=1S/C33H35N5O3/c39-33(40)25-15-16-26-27(21-25)35-31-28(26)30(34-17-10-20-38-18-8-3-9-19-38)36-32(37-31)29(24-13-6-2-7-14-24)41-22-23-11-4-1-5-12-23/h1-2,4-7,11-16,21,29H,3,8-10,17-20,22H2,(H,39,40)(H2,34,35,36,37). The van der Waals surface area contributed by atoms with Gasteiger partial charge in [0.2, 0.25) is 0 Å². The molecule has 3 heterocycles. The van der Waals surface area contributed by atoms with Crippen LogP contribution >= 0.6 is 0 Å². The lowest BCUT2D eigenvalue weighted by atomic mass is 10.1. The van der Waals surface area contributed by atoms with E-state index >= 15 is 0 Å². The van der Waals surface area contributed by atoms with Crippen molar-refractivity contribution in [2.24, 2.45) is 0 Å². The van der Waals surface area contributed by atoms with Gasteiger partial charge in [-0.3, -0.25) is 0 Å². The average Bonchev–Trinajstić information content (AvgIpc) is 3.39. The average molecular weight is 550 g/mol. The minimum Gasteiger partial charge on any atom is -0.478 e. The highest BCUT2D eigenvalue weighted by Gasteiger charge is 2.23. The molecule has 8 nitrogen and oxygen atoms in total. The molecule has 5 aromatic rings. The number of aromatic carboxylic acids is 1. The summed E-state index contributed by atoms with van der Waals surface area (Å²) < 4.78 is 6.48. The first-order chi connectivity index (χ1) is 20.2. The summed E-state index contributed by atoms with van der Waals surface area (Å²) in [5.41, 5.74) is 3.61. The molecule has 0 bridgehead atoms. The van der Waals surface area contributed by atoms with Gasteiger partial charge in [0, 0.05) is 17.4 Å². The van der Waals surface area contributed by atoms with Gasteiger partial charge in [0.15, 0.2) is 5.82 Å². The van der Waals surface area contributed by atoms with Crippen LogP contribution in [0.5, 0.6) is 0 Å². The van der Waals surface area contributed by atoms with Crippen molar-refractivity contribution in [3.8, 4) is 0 Å². The molecule has 1 saturated heterocycles. The summed E-state index contributed by atoms with van der Waals surface area (Å²) in [5, 5.41) is 14.9. The number of carbonyl (C=O) groups is 1. The number of hydrogen-bond acceptors (Lipinski definition) is 6. The van der Waals surface area contributed by atoms with Gasteiger partial charge in [-0.2, -0.15) is 0 Å². The lowest BCUT2D eigenvalue weighted by molar-refractivity contribution is 0.0613. The Morgan fingerprint density at radius 3 is 2.49 bits per heavy atom. The predicted molar refractivity (Wildman–Crippen MR) is 161 cm³/mol. The van der Waals surface area contributed by atoms with Gasteiger partial charge in [0.1, 0.15) is 17.6 Å². The summed E-state index contributed by atoms with van der Waals surface area (Å²) in [4.78, 5) is 27.5. The molecule has 3 aromatic carbocycles. The fourth-order valence-electron chi connectivity index (χ4n) is 5.59. The van der Waals surface area contributed by atoms with Crippen molar-refractivity contribution in [1.29, 1.82) is 0 Å². The number of fused-ring (bicyclic) bond motifs is 3. The molecule has 1 fully saturated rings. The monoisotopic (exact) mass is 549 g/mol. The Bertz CT molecular complexity index is 1610. The second-order valence-corrected chi connectivity index (χ2v) is 10.6. The lowest BCUT2D eigenvalue weighted by Gasteiger charge is -2.26. The largest absolute Gasteiger partial charge is 0.478 e. The normalized spacial score (nSPS) is 14.8. The smallest absolute Gasteiger partial charge is 0.335 e. The first-order valence-electron chi connectivity index (χ1n) is 14.4. The van der Waals surface area contributed by atoms with Gasteiger partial charge in [0.25, 0.3) is 0 Å². The van der Waals surface area contributed by atoms with Crippen LogP contribution in [0.25, 0.3) is 21.9 Å². The number of piperidine rings is 1. The second-order valence-electron chi connectivity index (χ2n) is 10.6. The van der Waals surface area contributed by atoms with Crippen molar-refractivity contribution in [1.82, 2.24) is 19.9 Å². The molecule has 8 heteroatoms. The van der Waals surface area contributed by atoms with Gasteiger partial charge in [0.05, 0.1) is 17.6 Å². The van der Waals surface area contributed by atoms with E-state index in [0.29, 0.717) is 23.6 Å². The molecule has 1 aliphatic heterocycles. The Morgan fingerprint density at radius 1 is 0.976 bits per heavy atom. The molecule has 0 aliphatic carbocycles. The number of nitrogens with zero attached hydrogens (tertiary/aromatic N) is 3. The molecule has 2 aromatic heterocycles. The molecule has 1 aliphatic rings. The number of rotatable bonds is 11. The highest BCUT2D eigenvalue weighted by molar-refractivity contribution is 6.12. The Labute approximate surface area is 239 Å². The van der Waals surface area contributed by atoms with E-state index in [2.05, 4.69) is 15.2 Å². The molecular formula is C33H35N5O3. The van der Waals surface area contributed by atoms with Crippen LogP contribution in [0.4, 0.5) is 5.82 Å². The van der Waals surface area contributed by atoms with E-state index in [9.17, 15) is 9.90 Å². The summed E-state index contributed by atoms with van der Waals surface area (Å²) in [6.07, 6.45) is 4.40. The number of hydrogen-bond donors (Lipinski definition) is 3. The Hall–Kier alpha value is -4.27. The number of aromatic nitrogens is 3. The van der Waals surface area contributed by atoms with Crippen LogP contribution in [0, 0.1) is 0 Å². The Kier molecular flexibility index (Phi) is 8.21. The van der Waals surface area contributed by atoms with Gasteiger partial charge < -0.3 is 25.0 Å². The maximum Gasteiger partial charge on any atom is 0.335 e. The summed E-state index contributed by atoms with van der Waals surface area (Å²) >= 11 is 0.